The van der Waals surface area contributed by atoms with Crippen LogP contribution in [0.3, 0.4) is 0 Å². The predicted molar refractivity (Wildman–Crippen MR) is 78.1 cm³/mol. The van der Waals surface area contributed by atoms with Crippen LogP contribution < -0.4 is 5.73 Å². The average molecular weight is 260 g/mol. The quantitative estimate of drug-likeness (QED) is 0.622. The van der Waals surface area contributed by atoms with Gasteiger partial charge in [-0.3, -0.25) is 30.2 Å². The second kappa shape index (κ2) is 5.81. The van der Waals surface area contributed by atoms with Crippen molar-refractivity contribution < 1.29 is 0 Å². The van der Waals surface area contributed by atoms with Crippen molar-refractivity contribution in [1.29, 1.82) is 0 Å². The van der Waals surface area contributed by atoms with Crippen molar-refractivity contribution in [1.82, 2.24) is 24.5 Å². The average Bonchev–Trinajstić information content (AvgIpc) is 2.15. The van der Waals surface area contributed by atoms with Crippen molar-refractivity contribution in [2.24, 2.45) is 5.73 Å². The van der Waals surface area contributed by atoms with Gasteiger partial charge in [0.25, 0.3) is 0 Å². The molecule has 0 saturated carbocycles. The van der Waals surface area contributed by atoms with Crippen molar-refractivity contribution in [3.05, 3.63) is 0 Å². The predicted octanol–water partition coefficient (Wildman–Crippen LogP) is -0.939. The lowest BCUT2D eigenvalue weighted by Gasteiger charge is -2.62. The Morgan fingerprint density at radius 1 is 0.500 bits per heavy atom. The fourth-order valence-corrected chi connectivity index (χ4v) is 3.19. The van der Waals surface area contributed by atoms with E-state index in [1.54, 1.807) is 0 Å². The third kappa shape index (κ3) is 2.29. The molecule has 0 aliphatic heterocycles. The normalized spacial score (nSPS) is 14.7. The van der Waals surface area contributed by atoms with Crippen LogP contribution in [-0.4, -0.2) is 107 Å². The van der Waals surface area contributed by atoms with E-state index in [1.165, 1.54) is 0 Å². The second-order valence-electron chi connectivity index (χ2n) is 5.83. The van der Waals surface area contributed by atoms with E-state index < -0.39 is 11.6 Å². The van der Waals surface area contributed by atoms with E-state index in [2.05, 4.69) is 57.0 Å². The molecule has 0 amide bonds. The van der Waals surface area contributed by atoms with Gasteiger partial charge in [-0.2, -0.15) is 0 Å². The maximum atomic E-state index is 6.79. The summed E-state index contributed by atoms with van der Waals surface area (Å²) in [5, 5.41) is 0. The van der Waals surface area contributed by atoms with Crippen molar-refractivity contribution >= 4 is 0 Å². The summed E-state index contributed by atoms with van der Waals surface area (Å²) in [4.78, 5) is 10.5. The Kier molecular flexibility index (Phi) is 5.74. The molecule has 0 rings (SSSR count). The lowest BCUT2D eigenvalue weighted by molar-refractivity contribution is -0.243. The van der Waals surface area contributed by atoms with Crippen LogP contribution in [0.25, 0.3) is 0 Å². The first-order valence-electron chi connectivity index (χ1n) is 6.13. The Morgan fingerprint density at radius 3 is 0.778 bits per heavy atom. The molecule has 0 aliphatic carbocycles. The Bertz CT molecular complexity index is 230. The molecule has 0 aromatic carbocycles. The van der Waals surface area contributed by atoms with E-state index in [0.717, 1.165) is 0 Å². The Hall–Kier alpha value is -0.240. The molecular formula is C12H32N6. The molecule has 0 saturated heterocycles. The van der Waals surface area contributed by atoms with Gasteiger partial charge in [0.2, 0.25) is 0 Å². The number of hydrogen-bond donors (Lipinski definition) is 1. The molecule has 0 aromatic rings. The lowest BCUT2D eigenvalue weighted by atomic mass is 10.0. The molecule has 0 bridgehead atoms. The van der Waals surface area contributed by atoms with Crippen LogP contribution in [0, 0.1) is 0 Å². The molecule has 18 heavy (non-hydrogen) atoms. The fraction of sp³-hybridized carbons (Fsp3) is 1.00. The molecule has 0 spiro atoms. The van der Waals surface area contributed by atoms with E-state index in [9.17, 15) is 0 Å². The first-order chi connectivity index (χ1) is 7.97. The number of rotatable bonds is 6. The Labute approximate surface area is 113 Å². The molecule has 0 heterocycles. The molecule has 0 fully saturated rings. The summed E-state index contributed by atoms with van der Waals surface area (Å²) < 4.78 is 0. The standard InChI is InChI=1S/C12H32N6/c1-14(2)11(13,15(3)4)12(16(5)6,17(7)8)18(9)10/h13H2,1-10H3. The van der Waals surface area contributed by atoms with Crippen LogP contribution in [0.2, 0.25) is 0 Å². The maximum absolute atomic E-state index is 6.79. The van der Waals surface area contributed by atoms with Gasteiger partial charge < -0.3 is 0 Å². The van der Waals surface area contributed by atoms with Gasteiger partial charge in [-0.1, -0.05) is 0 Å². The summed E-state index contributed by atoms with van der Waals surface area (Å²) in [7, 11) is 20.3. The minimum absolute atomic E-state index is 0.472. The van der Waals surface area contributed by atoms with E-state index in [0.29, 0.717) is 0 Å². The summed E-state index contributed by atoms with van der Waals surface area (Å²) >= 11 is 0. The first kappa shape index (κ1) is 17.8. The highest BCUT2D eigenvalue weighted by Gasteiger charge is 2.57. The highest BCUT2D eigenvalue weighted by Crippen LogP contribution is 2.32. The van der Waals surface area contributed by atoms with Gasteiger partial charge in [-0.15, -0.1) is 0 Å². The maximum Gasteiger partial charge on any atom is 0.177 e. The van der Waals surface area contributed by atoms with E-state index in [-0.39, 0.29) is 0 Å². The molecule has 0 aliphatic rings. The largest absolute Gasteiger partial charge is 0.297 e. The number of hydrogen-bond acceptors (Lipinski definition) is 6. The molecule has 0 radical (unpaired) electrons. The smallest absolute Gasteiger partial charge is 0.177 e. The van der Waals surface area contributed by atoms with Crippen LogP contribution in [0.4, 0.5) is 0 Å². The zero-order chi connectivity index (χ0) is 14.9. The lowest BCUT2D eigenvalue weighted by Crippen LogP contribution is -2.87. The summed E-state index contributed by atoms with van der Waals surface area (Å²) in [6.45, 7) is 0. The number of nitrogens with zero attached hydrogens (tertiary/aromatic N) is 5. The number of nitrogens with two attached hydrogens (primary N) is 1. The molecule has 6 nitrogen and oxygen atoms in total. The molecule has 0 aromatic heterocycles. The van der Waals surface area contributed by atoms with Crippen LogP contribution in [0.15, 0.2) is 0 Å². The van der Waals surface area contributed by atoms with Crippen molar-refractivity contribution in [2.45, 2.75) is 11.6 Å². The third-order valence-corrected chi connectivity index (χ3v) is 3.73. The van der Waals surface area contributed by atoms with Crippen LogP contribution >= 0.6 is 0 Å². The Balaban J connectivity index is 6.12. The number of likely N-dealkylation sites (N-methyl/N-ethyl adjacent to an activating group) is 5. The van der Waals surface area contributed by atoms with Gasteiger partial charge in [0.1, 0.15) is 0 Å². The van der Waals surface area contributed by atoms with E-state index in [4.69, 9.17) is 5.73 Å². The Morgan fingerprint density at radius 2 is 0.722 bits per heavy atom. The van der Waals surface area contributed by atoms with Gasteiger partial charge in [0.15, 0.2) is 11.6 Å². The summed E-state index contributed by atoms with van der Waals surface area (Å²) in [5.74, 6) is -1.15. The molecule has 6 heteroatoms. The van der Waals surface area contributed by atoms with Crippen LogP contribution in [0.1, 0.15) is 0 Å². The summed E-state index contributed by atoms with van der Waals surface area (Å²) in [5.41, 5.74) is 6.79. The molecule has 2 N–H and O–H groups in total. The van der Waals surface area contributed by atoms with Gasteiger partial charge in [0, 0.05) is 0 Å². The molecule has 0 atom stereocenters. The molecule has 0 unspecified atom stereocenters. The van der Waals surface area contributed by atoms with E-state index in [1.807, 2.05) is 38.0 Å². The van der Waals surface area contributed by atoms with Gasteiger partial charge in [0.05, 0.1) is 0 Å². The SMILES string of the molecule is CN(C)C(N)(N(C)C)C(N(C)C)(N(C)C)N(C)C. The zero-order valence-corrected chi connectivity index (χ0v) is 13.8. The van der Waals surface area contributed by atoms with Gasteiger partial charge >= 0.3 is 0 Å². The van der Waals surface area contributed by atoms with Gasteiger partial charge in [-0.05, 0) is 70.5 Å². The monoisotopic (exact) mass is 260 g/mol. The van der Waals surface area contributed by atoms with Crippen molar-refractivity contribution in [3.63, 3.8) is 0 Å². The summed E-state index contributed by atoms with van der Waals surface area (Å²) in [6.07, 6.45) is 0. The van der Waals surface area contributed by atoms with Gasteiger partial charge in [-0.25, -0.2) is 0 Å². The molecule has 110 valence electrons. The fourth-order valence-electron chi connectivity index (χ4n) is 3.19. The molecular weight excluding hydrogens is 228 g/mol. The van der Waals surface area contributed by atoms with Crippen LogP contribution in [-0.2, 0) is 0 Å². The van der Waals surface area contributed by atoms with E-state index >= 15 is 0 Å². The third-order valence-electron chi connectivity index (χ3n) is 3.73. The minimum Gasteiger partial charge on any atom is -0.297 e. The minimum atomic E-state index is -0.677. The van der Waals surface area contributed by atoms with Crippen molar-refractivity contribution in [3.8, 4) is 0 Å². The van der Waals surface area contributed by atoms with Crippen LogP contribution in [0.5, 0.6) is 0 Å². The zero-order valence-electron chi connectivity index (χ0n) is 13.8. The summed E-state index contributed by atoms with van der Waals surface area (Å²) in [6, 6.07) is 0. The highest BCUT2D eigenvalue weighted by atomic mass is 15.6. The second-order valence-corrected chi connectivity index (χ2v) is 5.83. The topological polar surface area (TPSA) is 42.2 Å². The highest BCUT2D eigenvalue weighted by molar-refractivity contribution is 5.02. The van der Waals surface area contributed by atoms with Crippen molar-refractivity contribution in [2.75, 3.05) is 70.5 Å². The first-order valence-corrected chi connectivity index (χ1v) is 6.13.